The van der Waals surface area contributed by atoms with Crippen LogP contribution in [0.4, 0.5) is 0 Å². The molecular weight excluding hydrogens is 412 g/mol. The van der Waals surface area contributed by atoms with E-state index in [0.717, 1.165) is 38.9 Å². The topological polar surface area (TPSA) is 58.4 Å². The SMILES string of the molecule is CCCCCn1nc(C(=O)N2CCN(C/C=C/c3ccccc3)CC2)c2ccccc2c1=O. The second-order valence-corrected chi connectivity index (χ2v) is 8.54. The Balaban J connectivity index is 1.45. The van der Waals surface area contributed by atoms with Crippen LogP contribution in [0.15, 0.2) is 65.5 Å². The van der Waals surface area contributed by atoms with Gasteiger partial charge in [0.1, 0.15) is 0 Å². The van der Waals surface area contributed by atoms with Gasteiger partial charge in [-0.05, 0) is 18.1 Å². The van der Waals surface area contributed by atoms with Crippen molar-refractivity contribution >= 4 is 22.8 Å². The van der Waals surface area contributed by atoms with Crippen molar-refractivity contribution in [1.82, 2.24) is 19.6 Å². The van der Waals surface area contributed by atoms with Crippen molar-refractivity contribution in [2.75, 3.05) is 32.7 Å². The van der Waals surface area contributed by atoms with Crippen LogP contribution in [0.5, 0.6) is 0 Å². The molecule has 1 aromatic heterocycles. The molecule has 0 radical (unpaired) electrons. The minimum absolute atomic E-state index is 0.0880. The molecule has 0 N–H and O–H groups in total. The normalized spacial score (nSPS) is 14.9. The summed E-state index contributed by atoms with van der Waals surface area (Å²) in [7, 11) is 0. The molecule has 4 rings (SSSR count). The van der Waals surface area contributed by atoms with Gasteiger partial charge >= 0.3 is 0 Å². The summed E-state index contributed by atoms with van der Waals surface area (Å²) in [5.74, 6) is -0.0880. The number of rotatable bonds is 8. The summed E-state index contributed by atoms with van der Waals surface area (Å²) in [6.45, 7) is 6.48. The zero-order valence-corrected chi connectivity index (χ0v) is 19.3. The molecule has 0 saturated carbocycles. The quantitative estimate of drug-likeness (QED) is 0.492. The van der Waals surface area contributed by atoms with Gasteiger partial charge in [-0.15, -0.1) is 0 Å². The molecule has 0 atom stereocenters. The number of fused-ring (bicyclic) bond motifs is 1. The lowest BCUT2D eigenvalue weighted by Crippen LogP contribution is -2.49. The summed E-state index contributed by atoms with van der Waals surface area (Å²) >= 11 is 0. The molecule has 1 aliphatic heterocycles. The third kappa shape index (κ3) is 5.57. The van der Waals surface area contributed by atoms with Crippen molar-refractivity contribution in [2.24, 2.45) is 0 Å². The summed E-state index contributed by atoms with van der Waals surface area (Å²) in [5, 5.41) is 5.75. The largest absolute Gasteiger partial charge is 0.335 e. The number of unbranched alkanes of at least 4 members (excludes halogenated alkanes) is 2. The average molecular weight is 445 g/mol. The molecule has 0 bridgehead atoms. The third-order valence-corrected chi connectivity index (χ3v) is 6.18. The fraction of sp³-hybridized carbons (Fsp3) is 0.370. The van der Waals surface area contributed by atoms with Crippen LogP contribution >= 0.6 is 0 Å². The molecule has 0 unspecified atom stereocenters. The Morgan fingerprint density at radius 1 is 0.939 bits per heavy atom. The van der Waals surface area contributed by atoms with Crippen molar-refractivity contribution in [3.8, 4) is 0 Å². The fourth-order valence-electron chi connectivity index (χ4n) is 4.24. The maximum Gasteiger partial charge on any atom is 0.275 e. The molecule has 0 spiro atoms. The summed E-state index contributed by atoms with van der Waals surface area (Å²) in [5.41, 5.74) is 1.46. The van der Waals surface area contributed by atoms with E-state index >= 15 is 0 Å². The number of aryl methyl sites for hydroxylation is 1. The van der Waals surface area contributed by atoms with Gasteiger partial charge in [-0.3, -0.25) is 14.5 Å². The van der Waals surface area contributed by atoms with Gasteiger partial charge in [-0.2, -0.15) is 5.10 Å². The van der Waals surface area contributed by atoms with E-state index in [1.165, 1.54) is 10.2 Å². The maximum absolute atomic E-state index is 13.4. The molecule has 6 nitrogen and oxygen atoms in total. The van der Waals surface area contributed by atoms with Crippen LogP contribution in [-0.4, -0.2) is 58.2 Å². The van der Waals surface area contributed by atoms with Gasteiger partial charge in [0.2, 0.25) is 0 Å². The number of benzene rings is 2. The number of amides is 1. The molecular formula is C27H32N4O2. The number of hydrogen-bond acceptors (Lipinski definition) is 4. The van der Waals surface area contributed by atoms with Crippen molar-refractivity contribution < 1.29 is 4.79 Å². The zero-order chi connectivity index (χ0) is 23.0. The number of carbonyl (C=O) groups excluding carboxylic acids is 1. The van der Waals surface area contributed by atoms with Gasteiger partial charge in [0.15, 0.2) is 5.69 Å². The van der Waals surface area contributed by atoms with Crippen LogP contribution in [0.1, 0.15) is 42.2 Å². The first-order valence-electron chi connectivity index (χ1n) is 11.9. The highest BCUT2D eigenvalue weighted by Crippen LogP contribution is 2.17. The number of carbonyl (C=O) groups is 1. The standard InChI is InChI=1S/C27H32N4O2/c1-2-3-9-17-31-26(32)24-15-8-7-14-23(24)25(28-31)27(33)30-20-18-29(19-21-30)16-10-13-22-11-5-4-6-12-22/h4-8,10-15H,2-3,9,16-21H2,1H3/b13-10+. The third-order valence-electron chi connectivity index (χ3n) is 6.18. The lowest BCUT2D eigenvalue weighted by Gasteiger charge is -2.34. The summed E-state index contributed by atoms with van der Waals surface area (Å²) in [4.78, 5) is 30.5. The molecule has 1 aliphatic rings. The molecule has 1 fully saturated rings. The van der Waals surface area contributed by atoms with Crippen LogP contribution in [0.25, 0.3) is 16.8 Å². The Morgan fingerprint density at radius 2 is 1.64 bits per heavy atom. The molecule has 1 amide bonds. The van der Waals surface area contributed by atoms with Gasteiger partial charge < -0.3 is 4.90 Å². The van der Waals surface area contributed by atoms with E-state index in [-0.39, 0.29) is 11.5 Å². The van der Waals surface area contributed by atoms with E-state index in [1.807, 2.05) is 41.3 Å². The number of aromatic nitrogens is 2. The molecule has 0 aliphatic carbocycles. The Kier molecular flexibility index (Phi) is 7.68. The number of hydrogen-bond donors (Lipinski definition) is 0. The van der Waals surface area contributed by atoms with Crippen molar-refractivity contribution in [2.45, 2.75) is 32.7 Å². The van der Waals surface area contributed by atoms with Crippen LogP contribution in [0, 0.1) is 0 Å². The molecule has 33 heavy (non-hydrogen) atoms. The Labute approximate surface area is 195 Å². The Morgan fingerprint density at radius 3 is 2.36 bits per heavy atom. The van der Waals surface area contributed by atoms with Crippen LogP contribution < -0.4 is 5.56 Å². The summed E-state index contributed by atoms with van der Waals surface area (Å²) in [6, 6.07) is 17.6. The van der Waals surface area contributed by atoms with Crippen LogP contribution in [0.3, 0.4) is 0 Å². The van der Waals surface area contributed by atoms with Gasteiger partial charge in [0.25, 0.3) is 11.5 Å². The lowest BCUT2D eigenvalue weighted by molar-refractivity contribution is 0.0644. The minimum atomic E-state index is -0.117. The second-order valence-electron chi connectivity index (χ2n) is 8.54. The van der Waals surface area contributed by atoms with E-state index in [9.17, 15) is 9.59 Å². The van der Waals surface area contributed by atoms with E-state index < -0.39 is 0 Å². The first-order valence-corrected chi connectivity index (χ1v) is 11.9. The van der Waals surface area contributed by atoms with Crippen molar-refractivity contribution in [1.29, 1.82) is 0 Å². The van der Waals surface area contributed by atoms with Gasteiger partial charge in [0.05, 0.1) is 5.39 Å². The van der Waals surface area contributed by atoms with Gasteiger partial charge in [-0.25, -0.2) is 4.68 Å². The van der Waals surface area contributed by atoms with E-state index in [0.29, 0.717) is 36.1 Å². The van der Waals surface area contributed by atoms with Gasteiger partial charge in [-0.1, -0.05) is 80.4 Å². The first-order chi connectivity index (χ1) is 16.2. The molecule has 6 heteroatoms. The zero-order valence-electron chi connectivity index (χ0n) is 19.3. The molecule has 2 heterocycles. The molecule has 172 valence electrons. The van der Waals surface area contributed by atoms with E-state index in [4.69, 9.17) is 0 Å². The molecule has 1 saturated heterocycles. The Hall–Kier alpha value is -3.25. The fourth-order valence-corrected chi connectivity index (χ4v) is 4.24. The van der Waals surface area contributed by atoms with E-state index in [2.05, 4.69) is 41.2 Å². The predicted octanol–water partition coefficient (Wildman–Crippen LogP) is 4.06. The number of piperazine rings is 1. The summed E-state index contributed by atoms with van der Waals surface area (Å²) in [6.07, 6.45) is 7.29. The predicted molar refractivity (Wildman–Crippen MR) is 133 cm³/mol. The molecule has 2 aromatic carbocycles. The highest BCUT2D eigenvalue weighted by atomic mass is 16.2. The van der Waals surface area contributed by atoms with Crippen LogP contribution in [-0.2, 0) is 6.54 Å². The van der Waals surface area contributed by atoms with Crippen molar-refractivity contribution in [3.63, 3.8) is 0 Å². The number of nitrogens with zero attached hydrogens (tertiary/aromatic N) is 4. The summed E-state index contributed by atoms with van der Waals surface area (Å²) < 4.78 is 1.48. The average Bonchev–Trinajstić information content (AvgIpc) is 2.86. The highest BCUT2D eigenvalue weighted by Gasteiger charge is 2.25. The van der Waals surface area contributed by atoms with Gasteiger partial charge in [0, 0.05) is 44.7 Å². The monoisotopic (exact) mass is 444 g/mol. The minimum Gasteiger partial charge on any atom is -0.335 e. The van der Waals surface area contributed by atoms with Crippen LogP contribution in [0.2, 0.25) is 0 Å². The first kappa shape index (κ1) is 22.9. The second kappa shape index (κ2) is 11.1. The lowest BCUT2D eigenvalue weighted by atomic mass is 10.1. The maximum atomic E-state index is 13.4. The molecule has 3 aromatic rings. The van der Waals surface area contributed by atoms with Crippen molar-refractivity contribution in [3.05, 3.63) is 82.3 Å². The smallest absolute Gasteiger partial charge is 0.275 e. The van der Waals surface area contributed by atoms with E-state index in [1.54, 1.807) is 6.07 Å². The Bertz CT molecular complexity index is 1160. The highest BCUT2D eigenvalue weighted by molar-refractivity contribution is 6.04.